The van der Waals surface area contributed by atoms with Crippen LogP contribution in [0.2, 0.25) is 0 Å². The molecule has 0 heterocycles. The van der Waals surface area contributed by atoms with Crippen LogP contribution in [0.1, 0.15) is 65.2 Å². The lowest BCUT2D eigenvalue weighted by atomic mass is 9.94. The summed E-state index contributed by atoms with van der Waals surface area (Å²) in [5.41, 5.74) is 0. The quantitative estimate of drug-likeness (QED) is 0.669. The number of rotatable bonds is 8. The van der Waals surface area contributed by atoms with E-state index < -0.39 is 11.9 Å². The first kappa shape index (κ1) is 19.5. The van der Waals surface area contributed by atoms with Gasteiger partial charge in [0.25, 0.3) is 0 Å². The van der Waals surface area contributed by atoms with Gasteiger partial charge in [-0.25, -0.2) is 0 Å². The van der Waals surface area contributed by atoms with Gasteiger partial charge in [-0.15, -0.1) is 0 Å². The molecule has 2 amide bonds. The fourth-order valence-electron chi connectivity index (χ4n) is 3.19. The second kappa shape index (κ2) is 10.2. The van der Waals surface area contributed by atoms with Crippen molar-refractivity contribution in [1.29, 1.82) is 0 Å². The Morgan fingerprint density at radius 1 is 1.04 bits per heavy atom. The van der Waals surface area contributed by atoms with Gasteiger partial charge in [-0.3, -0.25) is 14.4 Å². The Balaban J connectivity index is 2.39. The summed E-state index contributed by atoms with van der Waals surface area (Å²) in [6.45, 7) is 5.24. The zero-order chi connectivity index (χ0) is 17.2. The minimum Gasteiger partial charge on any atom is -0.481 e. The molecular formula is C17H30N2O4. The number of carboxylic acid groups (broad SMARTS) is 1. The second-order valence-corrected chi connectivity index (χ2v) is 6.18. The van der Waals surface area contributed by atoms with Gasteiger partial charge in [0.2, 0.25) is 11.8 Å². The van der Waals surface area contributed by atoms with E-state index in [1.54, 1.807) is 4.90 Å². The summed E-state index contributed by atoms with van der Waals surface area (Å²) >= 11 is 0. The van der Waals surface area contributed by atoms with E-state index in [-0.39, 0.29) is 24.3 Å². The zero-order valence-corrected chi connectivity index (χ0v) is 14.3. The molecule has 2 N–H and O–H groups in total. The summed E-state index contributed by atoms with van der Waals surface area (Å²) in [6, 6.07) is -0.277. The first-order valence-corrected chi connectivity index (χ1v) is 8.79. The van der Waals surface area contributed by atoms with Crippen molar-refractivity contribution >= 4 is 17.8 Å². The standard InChI is InChI=1S/C17H30N2O4/c1-3-19(4-2)16(21)12-8-11-15(20)18-14-10-7-5-6-9-13(14)17(22)23/h13-14H,3-12H2,1-2H3,(H,18,20)(H,22,23)/t13-,14+/m1/s1. The molecule has 6 heteroatoms. The SMILES string of the molecule is CCN(CC)C(=O)CCCC(=O)N[C@H]1CCCCC[C@H]1C(=O)O. The van der Waals surface area contributed by atoms with Crippen molar-refractivity contribution in [3.63, 3.8) is 0 Å². The number of aliphatic carboxylic acids is 1. The molecule has 1 aliphatic rings. The highest BCUT2D eigenvalue weighted by Gasteiger charge is 2.30. The molecule has 1 aliphatic carbocycles. The Morgan fingerprint density at radius 3 is 2.30 bits per heavy atom. The van der Waals surface area contributed by atoms with E-state index in [2.05, 4.69) is 5.32 Å². The van der Waals surface area contributed by atoms with Crippen LogP contribution in [-0.2, 0) is 14.4 Å². The molecule has 0 aromatic carbocycles. The Bertz CT molecular complexity index is 407. The molecule has 1 rings (SSSR count). The highest BCUT2D eigenvalue weighted by atomic mass is 16.4. The first-order valence-electron chi connectivity index (χ1n) is 8.79. The summed E-state index contributed by atoms with van der Waals surface area (Å²) in [6.07, 6.45) is 5.37. The minimum absolute atomic E-state index is 0.0701. The molecule has 0 aromatic rings. The van der Waals surface area contributed by atoms with E-state index in [0.717, 1.165) is 25.7 Å². The molecule has 2 atom stereocenters. The first-order chi connectivity index (χ1) is 11.0. The fraction of sp³-hybridized carbons (Fsp3) is 0.824. The smallest absolute Gasteiger partial charge is 0.308 e. The van der Waals surface area contributed by atoms with Crippen molar-refractivity contribution in [2.24, 2.45) is 5.92 Å². The fourth-order valence-corrected chi connectivity index (χ4v) is 3.19. The molecule has 0 aromatic heterocycles. The van der Waals surface area contributed by atoms with Gasteiger partial charge in [0, 0.05) is 32.0 Å². The molecule has 1 saturated carbocycles. The van der Waals surface area contributed by atoms with Gasteiger partial charge in [0.05, 0.1) is 5.92 Å². The number of amides is 2. The predicted octanol–water partition coefficient (Wildman–Crippen LogP) is 2.17. The van der Waals surface area contributed by atoms with Crippen LogP contribution in [0.4, 0.5) is 0 Å². The monoisotopic (exact) mass is 326 g/mol. The number of hydrogen-bond acceptors (Lipinski definition) is 3. The van der Waals surface area contributed by atoms with Crippen LogP contribution in [0.25, 0.3) is 0 Å². The van der Waals surface area contributed by atoms with Gasteiger partial charge in [0.15, 0.2) is 0 Å². The van der Waals surface area contributed by atoms with Gasteiger partial charge < -0.3 is 15.3 Å². The highest BCUT2D eigenvalue weighted by Crippen LogP contribution is 2.24. The van der Waals surface area contributed by atoms with Crippen molar-refractivity contribution in [1.82, 2.24) is 10.2 Å². The number of hydrogen-bond donors (Lipinski definition) is 2. The van der Waals surface area contributed by atoms with E-state index in [1.165, 1.54) is 0 Å². The van der Waals surface area contributed by atoms with Crippen molar-refractivity contribution in [2.45, 2.75) is 71.3 Å². The second-order valence-electron chi connectivity index (χ2n) is 6.18. The van der Waals surface area contributed by atoms with Crippen LogP contribution in [0.3, 0.4) is 0 Å². The number of carbonyl (C=O) groups excluding carboxylic acids is 2. The molecule has 23 heavy (non-hydrogen) atoms. The number of nitrogens with zero attached hydrogens (tertiary/aromatic N) is 1. The maximum atomic E-state index is 12.1. The molecule has 0 bridgehead atoms. The van der Waals surface area contributed by atoms with Crippen molar-refractivity contribution in [2.75, 3.05) is 13.1 Å². The third-order valence-electron chi connectivity index (χ3n) is 4.59. The summed E-state index contributed by atoms with van der Waals surface area (Å²) in [5, 5.41) is 12.2. The van der Waals surface area contributed by atoms with Crippen molar-refractivity contribution in [3.8, 4) is 0 Å². The molecule has 6 nitrogen and oxygen atoms in total. The van der Waals surface area contributed by atoms with Crippen LogP contribution in [0.5, 0.6) is 0 Å². The van der Waals surface area contributed by atoms with Crippen LogP contribution < -0.4 is 5.32 Å². The Labute approximate surface area is 138 Å². The van der Waals surface area contributed by atoms with Crippen molar-refractivity contribution in [3.05, 3.63) is 0 Å². The van der Waals surface area contributed by atoms with Crippen LogP contribution in [-0.4, -0.2) is 46.9 Å². The molecule has 132 valence electrons. The van der Waals surface area contributed by atoms with E-state index in [1.807, 2.05) is 13.8 Å². The Morgan fingerprint density at radius 2 is 1.70 bits per heavy atom. The van der Waals surface area contributed by atoms with E-state index in [9.17, 15) is 19.5 Å². The van der Waals surface area contributed by atoms with Gasteiger partial charge >= 0.3 is 5.97 Å². The molecule has 0 spiro atoms. The van der Waals surface area contributed by atoms with Gasteiger partial charge in [-0.1, -0.05) is 19.3 Å². The third kappa shape index (κ3) is 6.59. The summed E-state index contributed by atoms with van der Waals surface area (Å²) in [4.78, 5) is 37.0. The summed E-state index contributed by atoms with van der Waals surface area (Å²) in [5.74, 6) is -1.39. The highest BCUT2D eigenvalue weighted by molar-refractivity contribution is 5.80. The Hall–Kier alpha value is -1.59. The lowest BCUT2D eigenvalue weighted by Crippen LogP contribution is -2.42. The lowest BCUT2D eigenvalue weighted by Gasteiger charge is -2.23. The number of nitrogens with one attached hydrogen (secondary N) is 1. The average molecular weight is 326 g/mol. The number of carboxylic acids is 1. The topological polar surface area (TPSA) is 86.7 Å². The molecule has 0 unspecified atom stereocenters. The molecular weight excluding hydrogens is 296 g/mol. The minimum atomic E-state index is -0.825. The lowest BCUT2D eigenvalue weighted by molar-refractivity contribution is -0.143. The van der Waals surface area contributed by atoms with Gasteiger partial charge in [-0.2, -0.15) is 0 Å². The van der Waals surface area contributed by atoms with Crippen LogP contribution >= 0.6 is 0 Å². The van der Waals surface area contributed by atoms with E-state index in [0.29, 0.717) is 32.4 Å². The normalized spacial score (nSPS) is 21.3. The van der Waals surface area contributed by atoms with E-state index >= 15 is 0 Å². The summed E-state index contributed by atoms with van der Waals surface area (Å²) < 4.78 is 0. The molecule has 0 aliphatic heterocycles. The van der Waals surface area contributed by atoms with Crippen molar-refractivity contribution < 1.29 is 19.5 Å². The third-order valence-corrected chi connectivity index (χ3v) is 4.59. The molecule has 0 saturated heterocycles. The summed E-state index contributed by atoms with van der Waals surface area (Å²) in [7, 11) is 0. The average Bonchev–Trinajstić information content (AvgIpc) is 2.74. The number of carbonyl (C=O) groups is 3. The van der Waals surface area contributed by atoms with Gasteiger partial charge in [-0.05, 0) is 33.1 Å². The molecule has 1 fully saturated rings. The molecule has 0 radical (unpaired) electrons. The Kier molecular flexibility index (Phi) is 8.66. The zero-order valence-electron chi connectivity index (χ0n) is 14.3. The maximum absolute atomic E-state index is 12.1. The predicted molar refractivity (Wildman–Crippen MR) is 87.9 cm³/mol. The van der Waals surface area contributed by atoms with Gasteiger partial charge in [0.1, 0.15) is 0 Å². The van der Waals surface area contributed by atoms with E-state index in [4.69, 9.17) is 0 Å². The largest absolute Gasteiger partial charge is 0.481 e. The maximum Gasteiger partial charge on any atom is 0.308 e. The van der Waals surface area contributed by atoms with Crippen LogP contribution in [0.15, 0.2) is 0 Å². The van der Waals surface area contributed by atoms with Crippen LogP contribution in [0, 0.1) is 5.92 Å².